The summed E-state index contributed by atoms with van der Waals surface area (Å²) in [6.45, 7) is 1.89. The molecule has 0 saturated carbocycles. The number of para-hydroxylation sites is 1. The van der Waals surface area contributed by atoms with Gasteiger partial charge in [0, 0.05) is 10.7 Å². The Morgan fingerprint density at radius 3 is 2.45 bits per heavy atom. The summed E-state index contributed by atoms with van der Waals surface area (Å²) in [6.07, 6.45) is 0. The zero-order valence-electron chi connectivity index (χ0n) is 16.9. The highest BCUT2D eigenvalue weighted by atomic mass is 35.5. The molecule has 1 amide bonds. The molecule has 1 aliphatic rings. The lowest BCUT2D eigenvalue weighted by Gasteiger charge is -2.25. The lowest BCUT2D eigenvalue weighted by atomic mass is 9.98. The monoisotopic (exact) mass is 431 g/mol. The van der Waals surface area contributed by atoms with Crippen LogP contribution in [0.1, 0.15) is 33.3 Å². The standard InChI is InChI=1S/C25H18ClNO4/c1-14-7-10-16(13-19(14)26)27-22(15-8-11-17(30-2)12-9-15)21-23(28)18-5-3-4-6-20(18)31-24(21)25(27)29/h3-13,22H,1-2H3. The first-order valence-electron chi connectivity index (χ1n) is 9.79. The van der Waals surface area contributed by atoms with Gasteiger partial charge in [0.1, 0.15) is 11.3 Å². The lowest BCUT2D eigenvalue weighted by Crippen LogP contribution is -2.29. The first-order chi connectivity index (χ1) is 15.0. The highest BCUT2D eigenvalue weighted by Crippen LogP contribution is 2.42. The second kappa shape index (κ2) is 7.29. The number of benzene rings is 3. The maximum absolute atomic E-state index is 13.5. The zero-order chi connectivity index (χ0) is 21.7. The molecule has 2 heterocycles. The van der Waals surface area contributed by atoms with E-state index >= 15 is 0 Å². The van der Waals surface area contributed by atoms with E-state index in [0.29, 0.717) is 33.0 Å². The van der Waals surface area contributed by atoms with Crippen LogP contribution in [-0.4, -0.2) is 13.0 Å². The number of halogens is 1. The maximum Gasteiger partial charge on any atom is 0.295 e. The number of amides is 1. The summed E-state index contributed by atoms with van der Waals surface area (Å²) in [6, 6.07) is 19.0. The number of hydrogen-bond acceptors (Lipinski definition) is 4. The molecular weight excluding hydrogens is 414 g/mol. The van der Waals surface area contributed by atoms with Crippen LogP contribution in [0.25, 0.3) is 11.0 Å². The van der Waals surface area contributed by atoms with Crippen molar-refractivity contribution in [3.05, 3.63) is 104 Å². The Kier molecular flexibility index (Phi) is 4.56. The zero-order valence-corrected chi connectivity index (χ0v) is 17.6. The second-order valence-electron chi connectivity index (χ2n) is 7.45. The van der Waals surface area contributed by atoms with Gasteiger partial charge in [0.05, 0.1) is 24.1 Å². The van der Waals surface area contributed by atoms with E-state index in [1.165, 1.54) is 0 Å². The quantitative estimate of drug-likeness (QED) is 0.429. The number of rotatable bonds is 3. The Hall–Kier alpha value is -3.57. The molecule has 1 aromatic heterocycles. The summed E-state index contributed by atoms with van der Waals surface area (Å²) in [4.78, 5) is 28.6. The average Bonchev–Trinajstić information content (AvgIpc) is 3.08. The Morgan fingerprint density at radius 2 is 1.74 bits per heavy atom. The minimum atomic E-state index is -0.645. The summed E-state index contributed by atoms with van der Waals surface area (Å²) in [5.74, 6) is 0.364. The van der Waals surface area contributed by atoms with Gasteiger partial charge in [-0.1, -0.05) is 41.9 Å². The number of methoxy groups -OCH3 is 1. The smallest absolute Gasteiger partial charge is 0.295 e. The largest absolute Gasteiger partial charge is 0.497 e. The van der Waals surface area contributed by atoms with E-state index < -0.39 is 6.04 Å². The average molecular weight is 432 g/mol. The van der Waals surface area contributed by atoms with Crippen LogP contribution < -0.4 is 15.1 Å². The molecule has 0 aliphatic carbocycles. The van der Waals surface area contributed by atoms with Gasteiger partial charge in [-0.3, -0.25) is 14.5 Å². The number of fused-ring (bicyclic) bond motifs is 2. The van der Waals surface area contributed by atoms with Crippen LogP contribution in [0.5, 0.6) is 5.75 Å². The van der Waals surface area contributed by atoms with Gasteiger partial charge in [0.15, 0.2) is 5.43 Å². The highest BCUT2D eigenvalue weighted by molar-refractivity contribution is 6.31. The number of anilines is 1. The summed E-state index contributed by atoms with van der Waals surface area (Å²) in [5, 5.41) is 0.982. The predicted molar refractivity (Wildman–Crippen MR) is 120 cm³/mol. The molecule has 0 radical (unpaired) electrons. The molecule has 3 aromatic carbocycles. The Balaban J connectivity index is 1.79. The molecule has 0 bridgehead atoms. The van der Waals surface area contributed by atoms with Crippen LogP contribution in [-0.2, 0) is 0 Å². The molecule has 1 unspecified atom stereocenters. The minimum absolute atomic E-state index is 0.0567. The van der Waals surface area contributed by atoms with Crippen molar-refractivity contribution in [3.63, 3.8) is 0 Å². The number of aryl methyl sites for hydroxylation is 1. The Bertz CT molecular complexity index is 1390. The van der Waals surface area contributed by atoms with E-state index in [-0.39, 0.29) is 17.1 Å². The molecule has 0 spiro atoms. The second-order valence-corrected chi connectivity index (χ2v) is 7.86. The third kappa shape index (κ3) is 3.01. The number of ether oxygens (including phenoxy) is 1. The van der Waals surface area contributed by atoms with Gasteiger partial charge >= 0.3 is 0 Å². The maximum atomic E-state index is 13.5. The molecule has 0 fully saturated rings. The van der Waals surface area contributed by atoms with Gasteiger partial charge in [0.2, 0.25) is 5.76 Å². The highest BCUT2D eigenvalue weighted by Gasteiger charge is 2.43. The number of carbonyl (C=O) groups is 1. The molecule has 1 atom stereocenters. The molecule has 5 nitrogen and oxygen atoms in total. The predicted octanol–water partition coefficient (Wildman–Crippen LogP) is 5.51. The van der Waals surface area contributed by atoms with Crippen LogP contribution in [0.15, 0.2) is 75.9 Å². The van der Waals surface area contributed by atoms with Crippen LogP contribution >= 0.6 is 11.6 Å². The van der Waals surface area contributed by atoms with Crippen molar-refractivity contribution < 1.29 is 13.9 Å². The van der Waals surface area contributed by atoms with Gasteiger partial charge in [-0.25, -0.2) is 0 Å². The van der Waals surface area contributed by atoms with Gasteiger partial charge in [0.25, 0.3) is 5.91 Å². The first-order valence-corrected chi connectivity index (χ1v) is 10.2. The Morgan fingerprint density at radius 1 is 1.00 bits per heavy atom. The fourth-order valence-electron chi connectivity index (χ4n) is 4.02. The van der Waals surface area contributed by atoms with Crippen LogP contribution in [0.2, 0.25) is 5.02 Å². The minimum Gasteiger partial charge on any atom is -0.497 e. The van der Waals surface area contributed by atoms with Crippen molar-refractivity contribution in [1.82, 2.24) is 0 Å². The van der Waals surface area contributed by atoms with Crippen molar-refractivity contribution in [2.75, 3.05) is 12.0 Å². The molecule has 4 aromatic rings. The summed E-state index contributed by atoms with van der Waals surface area (Å²) < 4.78 is 11.2. The van der Waals surface area contributed by atoms with Crippen LogP contribution in [0.3, 0.4) is 0 Å². The fourth-order valence-corrected chi connectivity index (χ4v) is 4.19. The van der Waals surface area contributed by atoms with Crippen molar-refractivity contribution in [2.24, 2.45) is 0 Å². The van der Waals surface area contributed by atoms with E-state index in [0.717, 1.165) is 11.1 Å². The number of nitrogens with zero attached hydrogens (tertiary/aromatic N) is 1. The third-order valence-corrected chi connectivity index (χ3v) is 6.05. The van der Waals surface area contributed by atoms with Crippen molar-refractivity contribution in [2.45, 2.75) is 13.0 Å². The van der Waals surface area contributed by atoms with Crippen molar-refractivity contribution in [3.8, 4) is 5.75 Å². The SMILES string of the molecule is COc1ccc(C2c3c(oc4ccccc4c3=O)C(=O)N2c2ccc(C)c(Cl)c2)cc1. The molecule has 0 saturated heterocycles. The van der Waals surface area contributed by atoms with E-state index in [1.807, 2.05) is 31.2 Å². The number of hydrogen-bond donors (Lipinski definition) is 0. The molecule has 5 rings (SSSR count). The summed E-state index contributed by atoms with van der Waals surface area (Å²) >= 11 is 6.36. The number of carbonyl (C=O) groups excluding carboxylic acids is 1. The molecule has 31 heavy (non-hydrogen) atoms. The third-order valence-electron chi connectivity index (χ3n) is 5.64. The molecule has 6 heteroatoms. The van der Waals surface area contributed by atoms with Crippen molar-refractivity contribution >= 4 is 34.2 Å². The van der Waals surface area contributed by atoms with Gasteiger partial charge < -0.3 is 9.15 Å². The summed E-state index contributed by atoms with van der Waals surface area (Å²) in [7, 11) is 1.59. The molecule has 1 aliphatic heterocycles. The molecular formula is C25H18ClNO4. The lowest BCUT2D eigenvalue weighted by molar-refractivity contribution is 0.0971. The van der Waals surface area contributed by atoms with Gasteiger partial charge in [-0.2, -0.15) is 0 Å². The molecule has 154 valence electrons. The van der Waals surface area contributed by atoms with Gasteiger partial charge in [-0.15, -0.1) is 0 Å². The van der Waals surface area contributed by atoms with Crippen LogP contribution in [0, 0.1) is 6.92 Å². The topological polar surface area (TPSA) is 59.8 Å². The Labute approximate surface area is 183 Å². The normalized spacial score (nSPS) is 15.4. The van der Waals surface area contributed by atoms with Crippen molar-refractivity contribution in [1.29, 1.82) is 0 Å². The van der Waals surface area contributed by atoms with Gasteiger partial charge in [-0.05, 0) is 54.4 Å². The first kappa shape index (κ1) is 19.4. The van der Waals surface area contributed by atoms with E-state index in [9.17, 15) is 9.59 Å². The van der Waals surface area contributed by atoms with Crippen LogP contribution in [0.4, 0.5) is 5.69 Å². The summed E-state index contributed by atoms with van der Waals surface area (Å²) in [5.41, 5.74) is 2.76. The van der Waals surface area contributed by atoms with E-state index in [1.54, 1.807) is 54.5 Å². The van der Waals surface area contributed by atoms with E-state index in [2.05, 4.69) is 0 Å². The van der Waals surface area contributed by atoms with E-state index in [4.69, 9.17) is 20.8 Å². The molecule has 0 N–H and O–H groups in total. The fraction of sp³-hybridized carbons (Fsp3) is 0.120.